The average Bonchev–Trinajstić information content (AvgIpc) is 2.57. The van der Waals surface area contributed by atoms with E-state index in [1.54, 1.807) is 18.9 Å². The number of carbonyl (C=O) groups excluding carboxylic acids is 1. The number of carbonyl (C=O) groups is 2. The zero-order valence-electron chi connectivity index (χ0n) is 14.6. The highest BCUT2D eigenvalue weighted by Crippen LogP contribution is 2.44. The molecule has 2 rings (SSSR count). The minimum absolute atomic E-state index is 0.109. The molecule has 0 spiro atoms. The lowest BCUT2D eigenvalue weighted by molar-refractivity contribution is -0.138. The van der Waals surface area contributed by atoms with E-state index < -0.39 is 17.9 Å². The summed E-state index contributed by atoms with van der Waals surface area (Å²) in [7, 11) is 1.78. The van der Waals surface area contributed by atoms with E-state index in [2.05, 4.69) is 5.92 Å². The second-order valence-electron chi connectivity index (χ2n) is 6.52. The molecule has 24 heavy (non-hydrogen) atoms. The molecule has 1 aliphatic heterocycles. The summed E-state index contributed by atoms with van der Waals surface area (Å²) in [4.78, 5) is 26.3. The molecular weight excluding hydrogens is 306 g/mol. The highest BCUT2D eigenvalue weighted by atomic mass is 16.5. The molecule has 1 aliphatic carbocycles. The van der Waals surface area contributed by atoms with Gasteiger partial charge in [-0.05, 0) is 32.6 Å². The molecule has 2 aliphatic rings. The fraction of sp³-hybridized carbons (Fsp3) is 0.579. The van der Waals surface area contributed by atoms with Crippen LogP contribution >= 0.6 is 0 Å². The van der Waals surface area contributed by atoms with Crippen LogP contribution in [0.15, 0.2) is 22.5 Å². The molecule has 1 fully saturated rings. The number of carboxylic acid groups (broad SMARTS) is 1. The second-order valence-corrected chi connectivity index (χ2v) is 6.52. The van der Waals surface area contributed by atoms with Crippen LogP contribution < -0.4 is 0 Å². The smallest absolute Gasteiger partial charge is 0.337 e. The molecule has 5 nitrogen and oxygen atoms in total. The van der Waals surface area contributed by atoms with Crippen molar-refractivity contribution in [2.45, 2.75) is 46.0 Å². The summed E-state index contributed by atoms with van der Waals surface area (Å²) in [6, 6.07) is 0. The topological polar surface area (TPSA) is 66.8 Å². The maximum absolute atomic E-state index is 12.6. The van der Waals surface area contributed by atoms with E-state index in [0.29, 0.717) is 16.8 Å². The summed E-state index contributed by atoms with van der Waals surface area (Å²) in [6.07, 6.45) is 10.3. The van der Waals surface area contributed by atoms with Crippen LogP contribution in [0.5, 0.6) is 0 Å². The van der Waals surface area contributed by atoms with Crippen LogP contribution in [0.2, 0.25) is 0 Å². The molecule has 130 valence electrons. The number of esters is 1. The van der Waals surface area contributed by atoms with Crippen molar-refractivity contribution in [1.29, 1.82) is 0 Å². The zero-order valence-corrected chi connectivity index (χ0v) is 14.6. The first-order valence-electron chi connectivity index (χ1n) is 8.39. The first kappa shape index (κ1) is 18.1. The highest BCUT2D eigenvalue weighted by molar-refractivity contribution is 5.97. The molecule has 0 radical (unpaired) electrons. The van der Waals surface area contributed by atoms with Crippen molar-refractivity contribution >= 4 is 11.9 Å². The van der Waals surface area contributed by atoms with Gasteiger partial charge >= 0.3 is 11.9 Å². The van der Waals surface area contributed by atoms with Gasteiger partial charge in [-0.1, -0.05) is 25.2 Å². The van der Waals surface area contributed by atoms with Crippen molar-refractivity contribution in [2.75, 3.05) is 13.7 Å². The number of hydrogen-bond donors (Lipinski definition) is 1. The molecule has 0 saturated heterocycles. The molecule has 1 saturated carbocycles. The molecule has 0 aromatic rings. The first-order chi connectivity index (χ1) is 11.4. The molecule has 1 atom stereocenters. The number of ether oxygens (including phenoxy) is 1. The maximum atomic E-state index is 12.6. The molecule has 1 heterocycles. The van der Waals surface area contributed by atoms with Gasteiger partial charge in [0.25, 0.3) is 0 Å². The van der Waals surface area contributed by atoms with E-state index >= 15 is 0 Å². The summed E-state index contributed by atoms with van der Waals surface area (Å²) in [5.74, 6) is 0.548. The Hall–Kier alpha value is -2.22. The van der Waals surface area contributed by atoms with Crippen molar-refractivity contribution in [3.63, 3.8) is 0 Å². The number of nitrogens with zero attached hydrogens (tertiary/aromatic N) is 1. The third kappa shape index (κ3) is 3.33. The van der Waals surface area contributed by atoms with Crippen molar-refractivity contribution in [3.05, 3.63) is 22.5 Å². The Labute approximate surface area is 143 Å². The lowest BCUT2D eigenvalue weighted by Crippen LogP contribution is -2.38. The van der Waals surface area contributed by atoms with Gasteiger partial charge in [0.05, 0.1) is 11.1 Å². The van der Waals surface area contributed by atoms with Crippen LogP contribution in [0, 0.1) is 24.2 Å². The first-order valence-corrected chi connectivity index (χ1v) is 8.39. The van der Waals surface area contributed by atoms with Gasteiger partial charge in [0.1, 0.15) is 0 Å². The van der Waals surface area contributed by atoms with Crippen LogP contribution in [0.3, 0.4) is 0 Å². The normalized spacial score (nSPS) is 22.4. The van der Waals surface area contributed by atoms with Gasteiger partial charge in [0.2, 0.25) is 0 Å². The third-order valence-corrected chi connectivity index (χ3v) is 5.27. The van der Waals surface area contributed by atoms with E-state index in [0.717, 1.165) is 37.8 Å². The van der Waals surface area contributed by atoms with Crippen molar-refractivity contribution < 1.29 is 19.4 Å². The van der Waals surface area contributed by atoms with Crippen LogP contribution in [-0.2, 0) is 14.3 Å². The van der Waals surface area contributed by atoms with Gasteiger partial charge in [0.15, 0.2) is 6.61 Å². The molecule has 0 amide bonds. The number of carboxylic acids is 1. The molecular formula is C19H25NO4. The maximum Gasteiger partial charge on any atom is 0.337 e. The Balaban J connectivity index is 2.51. The number of allylic oxidation sites excluding steroid dienone is 2. The molecule has 0 aromatic carbocycles. The van der Waals surface area contributed by atoms with E-state index in [1.807, 2.05) is 6.92 Å². The second kappa shape index (κ2) is 7.57. The zero-order chi connectivity index (χ0) is 17.9. The monoisotopic (exact) mass is 331 g/mol. The fourth-order valence-electron chi connectivity index (χ4n) is 3.89. The Bertz CT molecular complexity index is 632. The number of terminal acetylenes is 1. The number of hydrogen-bond acceptors (Lipinski definition) is 4. The predicted molar refractivity (Wildman–Crippen MR) is 90.7 cm³/mol. The highest BCUT2D eigenvalue weighted by Gasteiger charge is 2.42. The summed E-state index contributed by atoms with van der Waals surface area (Å²) >= 11 is 0. The summed E-state index contributed by atoms with van der Waals surface area (Å²) in [5, 5.41) is 9.80. The molecule has 1 N–H and O–H groups in total. The van der Waals surface area contributed by atoms with Gasteiger partial charge in [-0.15, -0.1) is 6.42 Å². The van der Waals surface area contributed by atoms with Gasteiger partial charge in [0, 0.05) is 24.4 Å². The lowest BCUT2D eigenvalue weighted by atomic mass is 9.70. The number of aliphatic carboxylic acids is 1. The Morgan fingerprint density at radius 1 is 1.21 bits per heavy atom. The van der Waals surface area contributed by atoms with Crippen molar-refractivity contribution in [1.82, 2.24) is 4.90 Å². The Morgan fingerprint density at radius 3 is 2.33 bits per heavy atom. The van der Waals surface area contributed by atoms with Crippen molar-refractivity contribution in [3.8, 4) is 12.3 Å². The fourth-order valence-corrected chi connectivity index (χ4v) is 3.89. The van der Waals surface area contributed by atoms with E-state index in [4.69, 9.17) is 11.2 Å². The molecule has 0 aromatic heterocycles. The lowest BCUT2D eigenvalue weighted by Gasteiger charge is -2.39. The standard InChI is InChI=1S/C19H25NO4/c1-5-11-24-19(23)16-13(3)20(4)12(2)15(18(21)22)17(16)14-9-7-6-8-10-14/h1,14,17H,6-11H2,2-4H3,(H,21,22). The minimum atomic E-state index is -0.968. The summed E-state index contributed by atoms with van der Waals surface area (Å²) < 4.78 is 5.16. The van der Waals surface area contributed by atoms with Crippen LogP contribution in [-0.4, -0.2) is 35.6 Å². The average molecular weight is 331 g/mol. The van der Waals surface area contributed by atoms with E-state index in [1.165, 1.54) is 0 Å². The predicted octanol–water partition coefficient (Wildman–Crippen LogP) is 2.94. The van der Waals surface area contributed by atoms with Crippen LogP contribution in [0.4, 0.5) is 0 Å². The van der Waals surface area contributed by atoms with Gasteiger partial charge in [-0.2, -0.15) is 0 Å². The van der Waals surface area contributed by atoms with Gasteiger partial charge in [-0.25, -0.2) is 9.59 Å². The Kier molecular flexibility index (Phi) is 5.71. The van der Waals surface area contributed by atoms with E-state index in [9.17, 15) is 14.7 Å². The van der Waals surface area contributed by atoms with Gasteiger partial charge in [-0.3, -0.25) is 0 Å². The SMILES string of the molecule is C#CCOC(=O)C1=C(C)N(C)C(C)=C(C(=O)O)C1C1CCCCC1. The minimum Gasteiger partial charge on any atom is -0.478 e. The third-order valence-electron chi connectivity index (χ3n) is 5.27. The largest absolute Gasteiger partial charge is 0.478 e. The van der Waals surface area contributed by atoms with E-state index in [-0.39, 0.29) is 12.5 Å². The quantitative estimate of drug-likeness (QED) is 0.634. The van der Waals surface area contributed by atoms with Crippen LogP contribution in [0.25, 0.3) is 0 Å². The Morgan fingerprint density at radius 2 is 1.79 bits per heavy atom. The molecule has 0 bridgehead atoms. The van der Waals surface area contributed by atoms with Crippen molar-refractivity contribution in [2.24, 2.45) is 11.8 Å². The summed E-state index contributed by atoms with van der Waals surface area (Å²) in [5.41, 5.74) is 2.18. The van der Waals surface area contributed by atoms with Crippen LogP contribution in [0.1, 0.15) is 46.0 Å². The number of rotatable bonds is 4. The summed E-state index contributed by atoms with van der Waals surface area (Å²) in [6.45, 7) is 3.53. The van der Waals surface area contributed by atoms with Gasteiger partial charge < -0.3 is 14.7 Å². The molecule has 1 unspecified atom stereocenters. The molecule has 5 heteroatoms.